The Morgan fingerprint density at radius 3 is 2.28 bits per heavy atom. The Hall–Kier alpha value is -1.80. The zero-order valence-corrected chi connectivity index (χ0v) is 16.4. The Morgan fingerprint density at radius 2 is 1.59 bits per heavy atom. The van der Waals surface area contributed by atoms with Crippen molar-refractivity contribution in [1.82, 2.24) is 0 Å². The van der Waals surface area contributed by atoms with E-state index < -0.39 is 36.6 Å². The maximum absolute atomic E-state index is 11.5. The van der Waals surface area contributed by atoms with Crippen molar-refractivity contribution >= 4 is 0 Å². The fourth-order valence-electron chi connectivity index (χ4n) is 4.11. The van der Waals surface area contributed by atoms with E-state index in [4.69, 9.17) is 5.11 Å². The first-order valence-corrected chi connectivity index (χ1v) is 10.0. The highest BCUT2D eigenvalue weighted by Crippen LogP contribution is 2.30. The van der Waals surface area contributed by atoms with Gasteiger partial charge in [0.25, 0.3) is 0 Å². The molecule has 1 aliphatic rings. The molecule has 0 spiro atoms. The van der Waals surface area contributed by atoms with Crippen LogP contribution in [0, 0.1) is 0 Å². The molecular weight excluding hydrogens is 372 g/mol. The predicted molar refractivity (Wildman–Crippen MR) is 108 cm³/mol. The minimum absolute atomic E-state index is 0.0508. The van der Waals surface area contributed by atoms with Gasteiger partial charge in [-0.3, -0.25) is 0 Å². The molecule has 6 nitrogen and oxygen atoms in total. The van der Waals surface area contributed by atoms with E-state index >= 15 is 0 Å². The van der Waals surface area contributed by atoms with Crippen LogP contribution in [0.4, 0.5) is 0 Å². The summed E-state index contributed by atoms with van der Waals surface area (Å²) in [6, 6.07) is 15.2. The van der Waals surface area contributed by atoms with Crippen LogP contribution in [-0.2, 0) is 25.7 Å². The number of aliphatic hydroxyl groups excluding tert-OH is 5. The zero-order valence-electron chi connectivity index (χ0n) is 16.4. The van der Waals surface area contributed by atoms with Crippen molar-refractivity contribution in [3.05, 3.63) is 70.8 Å². The molecule has 2 aromatic rings. The van der Waals surface area contributed by atoms with Crippen LogP contribution >= 0.6 is 0 Å². The van der Waals surface area contributed by atoms with Crippen molar-refractivity contribution in [1.29, 1.82) is 0 Å². The molecule has 0 amide bonds. The van der Waals surface area contributed by atoms with Crippen molar-refractivity contribution in [3.8, 4) is 0 Å². The number of benzene rings is 2. The fourth-order valence-corrected chi connectivity index (χ4v) is 4.11. The van der Waals surface area contributed by atoms with Gasteiger partial charge in [0.15, 0.2) is 0 Å². The minimum atomic E-state index is -1.83. The van der Waals surface area contributed by atoms with Gasteiger partial charge in [-0.15, -0.1) is 0 Å². The molecule has 1 aliphatic carbocycles. The van der Waals surface area contributed by atoms with Gasteiger partial charge in [0.1, 0.15) is 30.0 Å². The van der Waals surface area contributed by atoms with E-state index in [0.717, 1.165) is 36.0 Å². The smallest absolute Gasteiger partial charge is 0.112 e. The summed E-state index contributed by atoms with van der Waals surface area (Å²) in [6.07, 6.45) is -3.93. The Labute approximate surface area is 170 Å². The van der Waals surface area contributed by atoms with Crippen LogP contribution in [0.15, 0.2) is 48.5 Å². The van der Waals surface area contributed by atoms with Gasteiger partial charge < -0.3 is 30.6 Å². The Morgan fingerprint density at radius 1 is 0.862 bits per heavy atom. The standard InChI is InChI=1S/C23H30O6/c24-14-19(25)20(26)21(27)22(28)23(29,12-16-5-2-1-3-6-16)13-18-10-9-15-7-4-8-17(18)11-15/h1-3,5-6,9-11,19-22,24-29H,4,7-8,12-14H2/t19-,20+,21+,22+,23?/m0/s1. The maximum atomic E-state index is 11.5. The van der Waals surface area contributed by atoms with Crippen molar-refractivity contribution in [2.75, 3.05) is 6.61 Å². The second-order valence-electron chi connectivity index (χ2n) is 8.08. The first-order valence-electron chi connectivity index (χ1n) is 10.0. The predicted octanol–water partition coefficient (Wildman–Crippen LogP) is 0.128. The lowest BCUT2D eigenvalue weighted by Crippen LogP contribution is -2.57. The molecule has 1 unspecified atom stereocenters. The summed E-state index contributed by atoms with van der Waals surface area (Å²) in [6.45, 7) is -0.770. The van der Waals surface area contributed by atoms with Crippen molar-refractivity contribution < 1.29 is 30.6 Å². The summed E-state index contributed by atoms with van der Waals surface area (Å²) in [7, 11) is 0. The number of hydrogen-bond donors (Lipinski definition) is 6. The highest BCUT2D eigenvalue weighted by atomic mass is 16.4. The Kier molecular flexibility index (Phi) is 7.05. The van der Waals surface area contributed by atoms with Gasteiger partial charge in [-0.05, 0) is 41.5 Å². The topological polar surface area (TPSA) is 121 Å². The molecule has 0 saturated carbocycles. The molecule has 0 fully saturated rings. The molecule has 29 heavy (non-hydrogen) atoms. The summed E-state index contributed by atoms with van der Waals surface area (Å²) >= 11 is 0. The fraction of sp³-hybridized carbons (Fsp3) is 0.478. The van der Waals surface area contributed by atoms with Gasteiger partial charge in [0.05, 0.1) is 6.61 Å². The average Bonchev–Trinajstić information content (AvgIpc) is 2.74. The normalized spacial score (nSPS) is 19.8. The van der Waals surface area contributed by atoms with Gasteiger partial charge in [0.2, 0.25) is 0 Å². The third-order valence-electron chi connectivity index (χ3n) is 5.84. The van der Waals surface area contributed by atoms with Crippen molar-refractivity contribution in [2.24, 2.45) is 0 Å². The SMILES string of the molecule is OC[C@H](O)[C@@H](O)[C@@H](O)[C@@H](O)C(O)(Cc1ccccc1)Cc1ccc2cc1CCC2. The van der Waals surface area contributed by atoms with Crippen LogP contribution in [0.2, 0.25) is 0 Å². The van der Waals surface area contributed by atoms with Crippen LogP contribution in [0.5, 0.6) is 0 Å². The molecular formula is C23H30O6. The third-order valence-corrected chi connectivity index (χ3v) is 5.84. The number of hydrogen-bond acceptors (Lipinski definition) is 6. The molecule has 6 N–H and O–H groups in total. The average molecular weight is 402 g/mol. The van der Waals surface area contributed by atoms with Gasteiger partial charge in [0, 0.05) is 12.8 Å². The summed E-state index contributed by atoms with van der Waals surface area (Å²) < 4.78 is 0. The molecule has 0 saturated heterocycles. The molecule has 0 aromatic heterocycles. The maximum Gasteiger partial charge on any atom is 0.112 e. The summed E-state index contributed by atoms with van der Waals surface area (Å²) in [5.41, 5.74) is 2.22. The molecule has 0 heterocycles. The highest BCUT2D eigenvalue weighted by Gasteiger charge is 2.44. The second kappa shape index (κ2) is 9.34. The third kappa shape index (κ3) is 5.04. The lowest BCUT2D eigenvalue weighted by molar-refractivity contribution is -0.172. The lowest BCUT2D eigenvalue weighted by Gasteiger charge is -2.38. The van der Waals surface area contributed by atoms with Gasteiger partial charge in [-0.1, -0.05) is 48.5 Å². The zero-order chi connectivity index (χ0) is 21.0. The van der Waals surface area contributed by atoms with E-state index in [1.54, 1.807) is 0 Å². The summed E-state index contributed by atoms with van der Waals surface area (Å²) in [4.78, 5) is 0. The van der Waals surface area contributed by atoms with E-state index in [1.165, 1.54) is 5.56 Å². The summed E-state index contributed by atoms with van der Waals surface area (Å²) in [5, 5.41) is 61.6. The van der Waals surface area contributed by atoms with Crippen LogP contribution in [-0.4, -0.2) is 67.3 Å². The molecule has 2 bridgehead atoms. The number of aryl methyl sites for hydroxylation is 2. The Bertz CT molecular complexity index is 795. The highest BCUT2D eigenvalue weighted by molar-refractivity contribution is 5.36. The molecule has 6 heteroatoms. The lowest BCUT2D eigenvalue weighted by atomic mass is 9.77. The molecule has 3 rings (SSSR count). The molecule has 158 valence electrons. The quantitative estimate of drug-likeness (QED) is 0.355. The number of aliphatic hydroxyl groups is 6. The largest absolute Gasteiger partial charge is 0.394 e. The van der Waals surface area contributed by atoms with Crippen LogP contribution in [0.1, 0.15) is 28.7 Å². The van der Waals surface area contributed by atoms with Gasteiger partial charge >= 0.3 is 0 Å². The minimum Gasteiger partial charge on any atom is -0.394 e. The monoisotopic (exact) mass is 402 g/mol. The molecule has 2 aromatic carbocycles. The first kappa shape index (κ1) is 21.9. The van der Waals surface area contributed by atoms with E-state index in [1.807, 2.05) is 42.5 Å². The number of rotatable bonds is 9. The molecule has 5 atom stereocenters. The van der Waals surface area contributed by atoms with E-state index in [-0.39, 0.29) is 12.8 Å². The summed E-state index contributed by atoms with van der Waals surface area (Å²) in [5.74, 6) is 0. The van der Waals surface area contributed by atoms with Crippen LogP contribution in [0.25, 0.3) is 0 Å². The second-order valence-corrected chi connectivity index (χ2v) is 8.08. The van der Waals surface area contributed by atoms with Gasteiger partial charge in [-0.2, -0.15) is 0 Å². The van der Waals surface area contributed by atoms with E-state index in [0.29, 0.717) is 0 Å². The van der Waals surface area contributed by atoms with E-state index in [9.17, 15) is 25.5 Å². The number of fused-ring (bicyclic) bond motifs is 2. The molecule has 0 radical (unpaired) electrons. The Balaban J connectivity index is 1.91. The molecule has 0 aliphatic heterocycles. The first-order chi connectivity index (χ1) is 13.8. The van der Waals surface area contributed by atoms with E-state index in [2.05, 4.69) is 6.07 Å². The van der Waals surface area contributed by atoms with Crippen molar-refractivity contribution in [2.45, 2.75) is 62.1 Å². The van der Waals surface area contributed by atoms with Crippen molar-refractivity contribution in [3.63, 3.8) is 0 Å². The van der Waals surface area contributed by atoms with Crippen LogP contribution < -0.4 is 0 Å². The van der Waals surface area contributed by atoms with Crippen LogP contribution in [0.3, 0.4) is 0 Å². The van der Waals surface area contributed by atoms with Gasteiger partial charge in [-0.25, -0.2) is 0 Å².